The number of hydrogen-bond acceptors (Lipinski definition) is 0. The molecule has 0 N–H and O–H groups in total. The highest BCUT2D eigenvalue weighted by atomic mass is 14.6. The number of hydrogen-bond donors (Lipinski definition) is 0. The minimum atomic E-state index is 0.962. The summed E-state index contributed by atoms with van der Waals surface area (Å²) in [6, 6.07) is 0. The van der Waals surface area contributed by atoms with Gasteiger partial charge in [0.2, 0.25) is 0 Å². The van der Waals surface area contributed by atoms with Crippen molar-refractivity contribution in [2.75, 3.05) is 0 Å². The van der Waals surface area contributed by atoms with Gasteiger partial charge in [-0.1, -0.05) is 53.9 Å². The van der Waals surface area contributed by atoms with E-state index in [0.29, 0.717) is 0 Å². The van der Waals surface area contributed by atoms with E-state index in [4.69, 9.17) is 0 Å². The number of rotatable bonds is 4. The Balaban J connectivity index is 2.14. The molecule has 2 aliphatic rings. The second kappa shape index (κ2) is 5.33. The largest absolute Gasteiger partial charge is 0.0654 e. The highest BCUT2D eigenvalue weighted by molar-refractivity contribution is 5.00. The fourth-order valence-corrected chi connectivity index (χ4v) is 5.67. The van der Waals surface area contributed by atoms with Crippen molar-refractivity contribution in [2.24, 2.45) is 41.4 Å². The predicted octanol–water partition coefficient (Wildman–Crippen LogP) is 5.38. The first-order chi connectivity index (χ1) is 8.10. The van der Waals surface area contributed by atoms with E-state index < -0.39 is 0 Å². The van der Waals surface area contributed by atoms with Crippen molar-refractivity contribution >= 4 is 0 Å². The van der Waals surface area contributed by atoms with Gasteiger partial charge in [0.25, 0.3) is 0 Å². The van der Waals surface area contributed by atoms with Gasteiger partial charge in [-0.15, -0.1) is 0 Å². The van der Waals surface area contributed by atoms with Crippen LogP contribution in [0, 0.1) is 41.4 Å². The van der Waals surface area contributed by atoms with Crippen LogP contribution in [-0.2, 0) is 0 Å². The van der Waals surface area contributed by atoms with Crippen LogP contribution < -0.4 is 0 Å². The third-order valence-electron chi connectivity index (χ3n) is 6.09. The summed E-state index contributed by atoms with van der Waals surface area (Å²) in [7, 11) is 0. The monoisotopic (exact) mass is 236 g/mol. The zero-order valence-corrected chi connectivity index (χ0v) is 12.6. The molecule has 0 radical (unpaired) electrons. The Labute approximate surface area is 109 Å². The Morgan fingerprint density at radius 1 is 1.06 bits per heavy atom. The van der Waals surface area contributed by atoms with Crippen LogP contribution in [0.3, 0.4) is 0 Å². The fourth-order valence-electron chi connectivity index (χ4n) is 5.67. The predicted molar refractivity (Wildman–Crippen MR) is 75.9 cm³/mol. The van der Waals surface area contributed by atoms with E-state index in [0.717, 1.165) is 41.4 Å². The van der Waals surface area contributed by atoms with Gasteiger partial charge in [0.15, 0.2) is 0 Å². The Morgan fingerprint density at radius 3 is 2.29 bits per heavy atom. The molecule has 0 heteroatoms. The molecule has 2 rings (SSSR count). The van der Waals surface area contributed by atoms with E-state index in [-0.39, 0.29) is 0 Å². The first-order valence-corrected chi connectivity index (χ1v) is 8.10. The first-order valence-electron chi connectivity index (χ1n) is 8.10. The Hall–Kier alpha value is 0. The van der Waals surface area contributed by atoms with Gasteiger partial charge in [0.05, 0.1) is 0 Å². The quantitative estimate of drug-likeness (QED) is 0.615. The minimum Gasteiger partial charge on any atom is -0.0654 e. The van der Waals surface area contributed by atoms with E-state index in [1.54, 1.807) is 0 Å². The van der Waals surface area contributed by atoms with Crippen LogP contribution in [0.2, 0.25) is 0 Å². The summed E-state index contributed by atoms with van der Waals surface area (Å²) in [5.41, 5.74) is 0. The lowest BCUT2D eigenvalue weighted by atomic mass is 9.72. The molecule has 17 heavy (non-hydrogen) atoms. The summed E-state index contributed by atoms with van der Waals surface area (Å²) >= 11 is 0. The van der Waals surface area contributed by atoms with Crippen LogP contribution in [0.1, 0.15) is 66.7 Å². The normalized spacial score (nSPS) is 47.1. The Bertz CT molecular complexity index is 244. The Kier molecular flexibility index (Phi) is 4.21. The molecule has 2 fully saturated rings. The van der Waals surface area contributed by atoms with Crippen LogP contribution in [0.25, 0.3) is 0 Å². The van der Waals surface area contributed by atoms with Crippen molar-refractivity contribution in [1.82, 2.24) is 0 Å². The van der Waals surface area contributed by atoms with Gasteiger partial charge in [-0.3, -0.25) is 0 Å². The maximum Gasteiger partial charge on any atom is -0.0321 e. The van der Waals surface area contributed by atoms with Gasteiger partial charge in [0.1, 0.15) is 0 Å². The molecule has 0 spiro atoms. The van der Waals surface area contributed by atoms with Crippen LogP contribution in [0.4, 0.5) is 0 Å². The lowest BCUT2D eigenvalue weighted by Gasteiger charge is -2.33. The number of fused-ring (bicyclic) bond motifs is 1. The van der Waals surface area contributed by atoms with Crippen molar-refractivity contribution in [1.29, 1.82) is 0 Å². The maximum atomic E-state index is 2.53. The lowest BCUT2D eigenvalue weighted by Crippen LogP contribution is -2.27. The average molecular weight is 236 g/mol. The third kappa shape index (κ3) is 2.29. The molecule has 2 aliphatic carbocycles. The molecule has 0 aromatic carbocycles. The molecule has 2 saturated carbocycles. The Morgan fingerprint density at radius 2 is 1.71 bits per heavy atom. The SMILES string of the molecule is CCCC(C)C1C(C)CC2CC(C)C(CC)C21. The highest BCUT2D eigenvalue weighted by Crippen LogP contribution is 2.58. The first kappa shape index (κ1) is 13.4. The molecular weight excluding hydrogens is 204 g/mol. The second-order valence-corrected chi connectivity index (χ2v) is 7.18. The molecule has 0 aliphatic heterocycles. The summed E-state index contributed by atoms with van der Waals surface area (Å²) in [6.45, 7) is 12.4. The van der Waals surface area contributed by atoms with Gasteiger partial charge >= 0.3 is 0 Å². The molecule has 0 nitrogen and oxygen atoms in total. The van der Waals surface area contributed by atoms with Crippen molar-refractivity contribution in [3.63, 3.8) is 0 Å². The van der Waals surface area contributed by atoms with E-state index in [1.807, 2.05) is 0 Å². The van der Waals surface area contributed by atoms with E-state index >= 15 is 0 Å². The van der Waals surface area contributed by atoms with Crippen LogP contribution in [-0.4, -0.2) is 0 Å². The second-order valence-electron chi connectivity index (χ2n) is 7.18. The summed E-state index contributed by atoms with van der Waals surface area (Å²) in [5.74, 6) is 7.18. The maximum absolute atomic E-state index is 2.53. The smallest absolute Gasteiger partial charge is 0.0321 e. The summed E-state index contributed by atoms with van der Waals surface area (Å²) < 4.78 is 0. The average Bonchev–Trinajstić information content (AvgIpc) is 2.71. The molecule has 100 valence electrons. The van der Waals surface area contributed by atoms with Crippen LogP contribution in [0.15, 0.2) is 0 Å². The zero-order valence-electron chi connectivity index (χ0n) is 12.6. The topological polar surface area (TPSA) is 0 Å². The van der Waals surface area contributed by atoms with Gasteiger partial charge < -0.3 is 0 Å². The van der Waals surface area contributed by atoms with Crippen molar-refractivity contribution in [2.45, 2.75) is 66.7 Å². The summed E-state index contributed by atoms with van der Waals surface area (Å²) in [4.78, 5) is 0. The molecule has 0 aromatic heterocycles. The molecule has 0 amide bonds. The van der Waals surface area contributed by atoms with Crippen molar-refractivity contribution in [3.05, 3.63) is 0 Å². The van der Waals surface area contributed by atoms with E-state index in [1.165, 1.54) is 32.1 Å². The van der Waals surface area contributed by atoms with Crippen molar-refractivity contribution < 1.29 is 0 Å². The van der Waals surface area contributed by atoms with E-state index in [2.05, 4.69) is 34.6 Å². The summed E-state index contributed by atoms with van der Waals surface area (Å²) in [5, 5.41) is 0. The molecule has 7 unspecified atom stereocenters. The molecular formula is C17H32. The van der Waals surface area contributed by atoms with Gasteiger partial charge in [0, 0.05) is 0 Å². The lowest BCUT2D eigenvalue weighted by molar-refractivity contribution is 0.151. The standard InChI is InChI=1S/C17H32/c1-6-8-11(3)16-13(5)10-14-9-12(4)15(7-2)17(14)16/h11-17H,6-10H2,1-5H3. The minimum absolute atomic E-state index is 0.962. The van der Waals surface area contributed by atoms with Crippen molar-refractivity contribution in [3.8, 4) is 0 Å². The van der Waals surface area contributed by atoms with Crippen LogP contribution >= 0.6 is 0 Å². The van der Waals surface area contributed by atoms with Gasteiger partial charge in [-0.05, 0) is 54.3 Å². The van der Waals surface area contributed by atoms with Gasteiger partial charge in [-0.2, -0.15) is 0 Å². The molecule has 7 atom stereocenters. The molecule has 0 bridgehead atoms. The molecule has 0 saturated heterocycles. The zero-order chi connectivity index (χ0) is 12.6. The van der Waals surface area contributed by atoms with Crippen LogP contribution in [0.5, 0.6) is 0 Å². The third-order valence-corrected chi connectivity index (χ3v) is 6.09. The van der Waals surface area contributed by atoms with E-state index in [9.17, 15) is 0 Å². The highest BCUT2D eigenvalue weighted by Gasteiger charge is 2.51. The molecule has 0 heterocycles. The molecule has 0 aromatic rings. The fraction of sp³-hybridized carbons (Fsp3) is 1.00. The summed E-state index contributed by atoms with van der Waals surface area (Å²) in [6.07, 6.45) is 7.30. The van der Waals surface area contributed by atoms with Gasteiger partial charge in [-0.25, -0.2) is 0 Å².